The third-order valence-corrected chi connectivity index (χ3v) is 5.64. The van der Waals surface area contributed by atoms with Crippen LogP contribution in [0, 0.1) is 5.92 Å². The molecule has 3 rings (SSSR count). The first-order valence-corrected chi connectivity index (χ1v) is 9.35. The third-order valence-electron chi connectivity index (χ3n) is 4.39. The second-order valence-electron chi connectivity index (χ2n) is 6.00. The topological polar surface area (TPSA) is 57.6 Å². The van der Waals surface area contributed by atoms with Gasteiger partial charge in [-0.1, -0.05) is 41.9 Å². The number of benzene rings is 2. The van der Waals surface area contributed by atoms with E-state index in [-0.39, 0.29) is 18.4 Å². The Morgan fingerprint density at radius 3 is 2.40 bits per heavy atom. The van der Waals surface area contributed by atoms with Gasteiger partial charge < -0.3 is 10.0 Å². The zero-order valence-corrected chi connectivity index (χ0v) is 15.0. The van der Waals surface area contributed by atoms with Crippen LogP contribution in [0.3, 0.4) is 0 Å². The SMILES string of the molecule is O=C(O)[C@@H]1CN(C(=O)CSc2ccccc2)C[C@H]1c1ccc(Cl)cc1. The molecule has 0 aromatic heterocycles. The lowest BCUT2D eigenvalue weighted by Crippen LogP contribution is -2.31. The van der Waals surface area contributed by atoms with Crippen LogP contribution in [0.15, 0.2) is 59.5 Å². The number of nitrogens with zero attached hydrogens (tertiary/aromatic N) is 1. The molecule has 4 nitrogen and oxygen atoms in total. The molecule has 6 heteroatoms. The largest absolute Gasteiger partial charge is 0.481 e. The molecule has 1 aliphatic rings. The Morgan fingerprint density at radius 2 is 1.76 bits per heavy atom. The molecule has 25 heavy (non-hydrogen) atoms. The Kier molecular flexibility index (Phi) is 5.66. The summed E-state index contributed by atoms with van der Waals surface area (Å²) in [6, 6.07) is 16.9. The first-order valence-electron chi connectivity index (χ1n) is 7.98. The Balaban J connectivity index is 1.68. The predicted molar refractivity (Wildman–Crippen MR) is 99.1 cm³/mol. The smallest absolute Gasteiger partial charge is 0.308 e. The number of thioether (sulfide) groups is 1. The fraction of sp³-hybridized carbons (Fsp3) is 0.263. The monoisotopic (exact) mass is 375 g/mol. The minimum absolute atomic E-state index is 0.0310. The van der Waals surface area contributed by atoms with Gasteiger partial charge in [-0.05, 0) is 29.8 Å². The van der Waals surface area contributed by atoms with Crippen molar-refractivity contribution in [1.29, 1.82) is 0 Å². The number of rotatable bonds is 5. The first kappa shape index (κ1) is 17.8. The zero-order chi connectivity index (χ0) is 17.8. The van der Waals surface area contributed by atoms with E-state index >= 15 is 0 Å². The van der Waals surface area contributed by atoms with E-state index < -0.39 is 11.9 Å². The Labute approximate surface area is 155 Å². The predicted octanol–water partition coefficient (Wildman–Crippen LogP) is 3.76. The summed E-state index contributed by atoms with van der Waals surface area (Å²) in [5, 5.41) is 10.1. The van der Waals surface area contributed by atoms with Crippen LogP contribution in [0.2, 0.25) is 5.02 Å². The van der Waals surface area contributed by atoms with Crippen LogP contribution in [-0.2, 0) is 9.59 Å². The average molecular weight is 376 g/mol. The van der Waals surface area contributed by atoms with E-state index in [9.17, 15) is 14.7 Å². The van der Waals surface area contributed by atoms with Crippen LogP contribution < -0.4 is 0 Å². The van der Waals surface area contributed by atoms with E-state index in [2.05, 4.69) is 0 Å². The molecule has 2 aromatic rings. The summed E-state index contributed by atoms with van der Waals surface area (Å²) in [5.41, 5.74) is 0.905. The second-order valence-corrected chi connectivity index (χ2v) is 7.49. The summed E-state index contributed by atoms with van der Waals surface area (Å²) < 4.78 is 0. The van der Waals surface area contributed by atoms with E-state index in [1.165, 1.54) is 11.8 Å². The quantitative estimate of drug-likeness (QED) is 0.808. The Bertz CT molecular complexity index is 751. The number of aliphatic carboxylic acids is 1. The summed E-state index contributed by atoms with van der Waals surface area (Å²) in [6.07, 6.45) is 0. The average Bonchev–Trinajstić information content (AvgIpc) is 3.07. The summed E-state index contributed by atoms with van der Waals surface area (Å²) in [4.78, 5) is 26.8. The molecule has 1 aliphatic heterocycles. The highest BCUT2D eigenvalue weighted by Crippen LogP contribution is 2.34. The Morgan fingerprint density at radius 1 is 1.08 bits per heavy atom. The molecule has 0 aliphatic carbocycles. The number of amides is 1. The fourth-order valence-electron chi connectivity index (χ4n) is 3.06. The van der Waals surface area contributed by atoms with Crippen molar-refractivity contribution in [3.8, 4) is 0 Å². The lowest BCUT2D eigenvalue weighted by molar-refractivity contribution is -0.141. The van der Waals surface area contributed by atoms with Gasteiger partial charge in [-0.25, -0.2) is 0 Å². The molecule has 0 bridgehead atoms. The number of carbonyl (C=O) groups excluding carboxylic acids is 1. The molecule has 1 heterocycles. The van der Waals surface area contributed by atoms with Crippen LogP contribution in [0.5, 0.6) is 0 Å². The van der Waals surface area contributed by atoms with Gasteiger partial charge in [0.2, 0.25) is 5.91 Å². The maximum absolute atomic E-state index is 12.5. The molecule has 2 aromatic carbocycles. The van der Waals surface area contributed by atoms with Gasteiger partial charge in [0.05, 0.1) is 11.7 Å². The van der Waals surface area contributed by atoms with Crippen LogP contribution in [0.4, 0.5) is 0 Å². The van der Waals surface area contributed by atoms with Gasteiger partial charge in [0.15, 0.2) is 0 Å². The molecular weight excluding hydrogens is 358 g/mol. The van der Waals surface area contributed by atoms with Crippen molar-refractivity contribution in [1.82, 2.24) is 4.90 Å². The van der Waals surface area contributed by atoms with Crippen molar-refractivity contribution in [2.24, 2.45) is 5.92 Å². The fourth-order valence-corrected chi connectivity index (χ4v) is 4.01. The van der Waals surface area contributed by atoms with Crippen LogP contribution in [0.1, 0.15) is 11.5 Å². The highest BCUT2D eigenvalue weighted by atomic mass is 35.5. The van der Waals surface area contributed by atoms with Crippen LogP contribution in [-0.4, -0.2) is 40.7 Å². The van der Waals surface area contributed by atoms with Gasteiger partial charge in [0, 0.05) is 28.9 Å². The van der Waals surface area contributed by atoms with E-state index in [0.717, 1.165) is 10.5 Å². The highest BCUT2D eigenvalue weighted by molar-refractivity contribution is 8.00. The molecule has 1 saturated heterocycles. The normalized spacial score (nSPS) is 19.8. The van der Waals surface area contributed by atoms with Gasteiger partial charge in [0.1, 0.15) is 0 Å². The zero-order valence-electron chi connectivity index (χ0n) is 13.5. The lowest BCUT2D eigenvalue weighted by Gasteiger charge is -2.16. The molecule has 130 valence electrons. The number of carboxylic acid groups (broad SMARTS) is 1. The van der Waals surface area contributed by atoms with Gasteiger partial charge in [-0.2, -0.15) is 0 Å². The van der Waals surface area contributed by atoms with Gasteiger partial charge in [-0.15, -0.1) is 11.8 Å². The van der Waals surface area contributed by atoms with Gasteiger partial charge in [-0.3, -0.25) is 9.59 Å². The molecule has 1 N–H and O–H groups in total. The van der Waals surface area contributed by atoms with Crippen molar-refractivity contribution >= 4 is 35.2 Å². The molecule has 0 unspecified atom stereocenters. The van der Waals surface area contributed by atoms with Crippen molar-refractivity contribution in [2.75, 3.05) is 18.8 Å². The first-order chi connectivity index (χ1) is 12.0. The van der Waals surface area contributed by atoms with Gasteiger partial charge >= 0.3 is 5.97 Å². The van der Waals surface area contributed by atoms with Crippen molar-refractivity contribution in [3.63, 3.8) is 0 Å². The van der Waals surface area contributed by atoms with E-state index in [1.807, 2.05) is 42.5 Å². The van der Waals surface area contributed by atoms with Crippen LogP contribution >= 0.6 is 23.4 Å². The maximum atomic E-state index is 12.5. The highest BCUT2D eigenvalue weighted by Gasteiger charge is 2.40. The summed E-state index contributed by atoms with van der Waals surface area (Å²) in [7, 11) is 0. The van der Waals surface area contributed by atoms with E-state index in [4.69, 9.17) is 11.6 Å². The minimum Gasteiger partial charge on any atom is -0.481 e. The van der Waals surface area contributed by atoms with E-state index in [1.54, 1.807) is 17.0 Å². The molecule has 2 atom stereocenters. The lowest BCUT2D eigenvalue weighted by atomic mass is 9.89. The van der Waals surface area contributed by atoms with Crippen LogP contribution in [0.25, 0.3) is 0 Å². The van der Waals surface area contributed by atoms with Gasteiger partial charge in [0.25, 0.3) is 0 Å². The molecule has 1 fully saturated rings. The maximum Gasteiger partial charge on any atom is 0.308 e. The van der Waals surface area contributed by atoms with Crippen molar-refractivity contribution in [3.05, 3.63) is 65.2 Å². The number of hydrogen-bond donors (Lipinski definition) is 1. The number of halogens is 1. The Hall–Kier alpha value is -1.98. The second kappa shape index (κ2) is 7.93. The molecule has 0 radical (unpaired) electrons. The number of hydrogen-bond acceptors (Lipinski definition) is 3. The molecule has 0 saturated carbocycles. The summed E-state index contributed by atoms with van der Waals surface area (Å²) in [6.45, 7) is 0.670. The number of carboxylic acids is 1. The number of likely N-dealkylation sites (tertiary alicyclic amines) is 1. The molecular formula is C19H18ClNO3S. The van der Waals surface area contributed by atoms with Crippen molar-refractivity contribution in [2.45, 2.75) is 10.8 Å². The number of carbonyl (C=O) groups is 2. The van der Waals surface area contributed by atoms with Crippen molar-refractivity contribution < 1.29 is 14.7 Å². The molecule has 0 spiro atoms. The summed E-state index contributed by atoms with van der Waals surface area (Å²) in [5.74, 6) is -1.39. The third kappa shape index (κ3) is 4.35. The van der Waals surface area contributed by atoms with E-state index in [0.29, 0.717) is 17.3 Å². The standard InChI is InChI=1S/C19H18ClNO3S/c20-14-8-6-13(7-9-14)16-10-21(11-17(16)19(23)24)18(22)12-25-15-4-2-1-3-5-15/h1-9,16-17H,10-12H2,(H,23,24)/t16-,17+/m0/s1. The molecule has 1 amide bonds. The summed E-state index contributed by atoms with van der Waals surface area (Å²) >= 11 is 7.38. The minimum atomic E-state index is -0.869.